The molecule has 0 fully saturated rings. The number of nitrogens with zero attached hydrogens (tertiary/aromatic N) is 4. The van der Waals surface area contributed by atoms with E-state index in [-0.39, 0.29) is 11.7 Å². The third-order valence-corrected chi connectivity index (χ3v) is 5.21. The second kappa shape index (κ2) is 8.46. The second-order valence-corrected chi connectivity index (χ2v) is 7.45. The van der Waals surface area contributed by atoms with Crippen molar-refractivity contribution in [2.75, 3.05) is 11.1 Å². The molecular weight excluding hydrogens is 414 g/mol. The lowest BCUT2D eigenvalue weighted by atomic mass is 10.2. The van der Waals surface area contributed by atoms with Crippen LogP contribution in [0.1, 0.15) is 12.5 Å². The molecule has 134 valence electrons. The molecule has 2 heterocycles. The summed E-state index contributed by atoms with van der Waals surface area (Å²) in [6, 6.07) is 9.57. The van der Waals surface area contributed by atoms with Gasteiger partial charge in [-0.2, -0.15) is 0 Å². The minimum absolute atomic E-state index is 0.0750. The van der Waals surface area contributed by atoms with Gasteiger partial charge in [0.05, 0.1) is 5.75 Å². The standard InChI is InChI=1S/C18H18BrN5OS/c1-3-24-17(13-5-4-8-20-10-13)22-23-18(24)26-11-16(25)21-15-7-6-14(19)9-12(15)2/h4-10H,3,11H2,1-2H3,(H,21,25). The van der Waals surface area contributed by atoms with Crippen molar-refractivity contribution in [1.29, 1.82) is 0 Å². The molecule has 2 aromatic heterocycles. The van der Waals surface area contributed by atoms with Crippen LogP contribution in [0.3, 0.4) is 0 Å². The van der Waals surface area contributed by atoms with Crippen LogP contribution < -0.4 is 5.32 Å². The van der Waals surface area contributed by atoms with Gasteiger partial charge in [-0.1, -0.05) is 27.7 Å². The highest BCUT2D eigenvalue weighted by molar-refractivity contribution is 9.10. The Morgan fingerprint density at radius 1 is 1.31 bits per heavy atom. The van der Waals surface area contributed by atoms with E-state index in [1.54, 1.807) is 12.4 Å². The SMILES string of the molecule is CCn1c(SCC(=O)Nc2ccc(Br)cc2C)nnc1-c1cccnc1. The summed E-state index contributed by atoms with van der Waals surface area (Å²) in [4.78, 5) is 16.4. The summed E-state index contributed by atoms with van der Waals surface area (Å²) in [5.41, 5.74) is 2.73. The first-order valence-corrected chi connectivity index (χ1v) is 9.88. The zero-order chi connectivity index (χ0) is 18.5. The molecule has 0 aliphatic carbocycles. The Bertz CT molecular complexity index is 913. The van der Waals surface area contributed by atoms with Crippen LogP contribution in [-0.2, 0) is 11.3 Å². The smallest absolute Gasteiger partial charge is 0.234 e. The molecule has 1 aromatic carbocycles. The Hall–Kier alpha value is -2.19. The van der Waals surface area contributed by atoms with Crippen LogP contribution in [0.25, 0.3) is 11.4 Å². The van der Waals surface area contributed by atoms with E-state index in [0.717, 1.165) is 27.1 Å². The van der Waals surface area contributed by atoms with Gasteiger partial charge in [0, 0.05) is 34.7 Å². The van der Waals surface area contributed by atoms with Crippen LogP contribution in [0.15, 0.2) is 52.4 Å². The first kappa shape index (κ1) is 18.6. The molecular formula is C18H18BrN5OS. The normalized spacial score (nSPS) is 10.7. The number of aromatic nitrogens is 4. The highest BCUT2D eigenvalue weighted by atomic mass is 79.9. The lowest BCUT2D eigenvalue weighted by molar-refractivity contribution is -0.113. The number of anilines is 1. The average molecular weight is 432 g/mol. The van der Waals surface area contributed by atoms with Gasteiger partial charge in [0.1, 0.15) is 0 Å². The largest absolute Gasteiger partial charge is 0.325 e. The van der Waals surface area contributed by atoms with Crippen LogP contribution >= 0.6 is 27.7 Å². The lowest BCUT2D eigenvalue weighted by Crippen LogP contribution is -2.15. The molecule has 0 atom stereocenters. The minimum Gasteiger partial charge on any atom is -0.325 e. The third-order valence-electron chi connectivity index (χ3n) is 3.75. The number of aryl methyl sites for hydroxylation is 1. The fourth-order valence-electron chi connectivity index (χ4n) is 2.47. The van der Waals surface area contributed by atoms with E-state index < -0.39 is 0 Å². The van der Waals surface area contributed by atoms with Crippen molar-refractivity contribution in [3.8, 4) is 11.4 Å². The van der Waals surface area contributed by atoms with Gasteiger partial charge >= 0.3 is 0 Å². The van der Waals surface area contributed by atoms with E-state index in [9.17, 15) is 4.79 Å². The number of hydrogen-bond donors (Lipinski definition) is 1. The number of nitrogens with one attached hydrogen (secondary N) is 1. The fourth-order valence-corrected chi connectivity index (χ4v) is 3.75. The van der Waals surface area contributed by atoms with Gasteiger partial charge < -0.3 is 9.88 Å². The van der Waals surface area contributed by atoms with Crippen molar-refractivity contribution in [3.05, 3.63) is 52.8 Å². The lowest BCUT2D eigenvalue weighted by Gasteiger charge is -2.09. The van der Waals surface area contributed by atoms with E-state index in [0.29, 0.717) is 11.7 Å². The van der Waals surface area contributed by atoms with Gasteiger partial charge in [0.25, 0.3) is 0 Å². The molecule has 8 heteroatoms. The zero-order valence-electron chi connectivity index (χ0n) is 14.4. The first-order chi connectivity index (χ1) is 12.6. The average Bonchev–Trinajstić information content (AvgIpc) is 3.06. The number of benzene rings is 1. The predicted octanol–water partition coefficient (Wildman–Crippen LogP) is 4.16. The number of thioether (sulfide) groups is 1. The fraction of sp³-hybridized carbons (Fsp3) is 0.222. The molecule has 0 aliphatic rings. The van der Waals surface area contributed by atoms with Crippen molar-refractivity contribution in [1.82, 2.24) is 19.7 Å². The van der Waals surface area contributed by atoms with Crippen LogP contribution in [0, 0.1) is 6.92 Å². The zero-order valence-corrected chi connectivity index (χ0v) is 16.8. The number of rotatable bonds is 6. The van der Waals surface area contributed by atoms with Crippen LogP contribution in [-0.4, -0.2) is 31.4 Å². The molecule has 26 heavy (non-hydrogen) atoms. The summed E-state index contributed by atoms with van der Waals surface area (Å²) in [6.07, 6.45) is 3.48. The van der Waals surface area contributed by atoms with Gasteiger partial charge in [-0.3, -0.25) is 9.78 Å². The number of carbonyl (C=O) groups is 1. The van der Waals surface area contributed by atoms with Gasteiger partial charge in [0.2, 0.25) is 5.91 Å². The Labute approximate surface area is 164 Å². The maximum atomic E-state index is 12.3. The number of hydrogen-bond acceptors (Lipinski definition) is 5. The number of amides is 1. The Morgan fingerprint density at radius 2 is 2.15 bits per heavy atom. The maximum absolute atomic E-state index is 12.3. The Kier molecular flexibility index (Phi) is 6.05. The molecule has 0 radical (unpaired) electrons. The van der Waals surface area contributed by atoms with Crippen LogP contribution in [0.4, 0.5) is 5.69 Å². The van der Waals surface area contributed by atoms with Crippen LogP contribution in [0.2, 0.25) is 0 Å². The van der Waals surface area contributed by atoms with E-state index in [2.05, 4.69) is 36.4 Å². The summed E-state index contributed by atoms with van der Waals surface area (Å²) in [6.45, 7) is 4.70. The molecule has 0 saturated heterocycles. The quantitative estimate of drug-likeness (QED) is 0.593. The molecule has 1 N–H and O–H groups in total. The maximum Gasteiger partial charge on any atom is 0.234 e. The molecule has 0 unspecified atom stereocenters. The summed E-state index contributed by atoms with van der Waals surface area (Å²) < 4.78 is 2.97. The van der Waals surface area contributed by atoms with Gasteiger partial charge in [0.15, 0.2) is 11.0 Å². The summed E-state index contributed by atoms with van der Waals surface area (Å²) >= 11 is 4.79. The van der Waals surface area contributed by atoms with Crippen molar-refractivity contribution in [3.63, 3.8) is 0 Å². The molecule has 0 bridgehead atoms. The van der Waals surface area contributed by atoms with E-state index in [1.165, 1.54) is 11.8 Å². The van der Waals surface area contributed by atoms with E-state index in [1.807, 2.05) is 48.7 Å². The minimum atomic E-state index is -0.0750. The van der Waals surface area contributed by atoms with Gasteiger partial charge in [-0.05, 0) is 49.7 Å². The van der Waals surface area contributed by atoms with Crippen molar-refractivity contribution < 1.29 is 4.79 Å². The molecule has 0 spiro atoms. The second-order valence-electron chi connectivity index (χ2n) is 5.59. The van der Waals surface area contributed by atoms with E-state index in [4.69, 9.17) is 0 Å². The molecule has 1 amide bonds. The number of halogens is 1. The van der Waals surface area contributed by atoms with Crippen molar-refractivity contribution >= 4 is 39.3 Å². The molecule has 0 aliphatic heterocycles. The van der Waals surface area contributed by atoms with Crippen LogP contribution in [0.5, 0.6) is 0 Å². The van der Waals surface area contributed by atoms with E-state index >= 15 is 0 Å². The summed E-state index contributed by atoms with van der Waals surface area (Å²) in [7, 11) is 0. The topological polar surface area (TPSA) is 72.7 Å². The molecule has 0 saturated carbocycles. The summed E-state index contributed by atoms with van der Waals surface area (Å²) in [5, 5.41) is 12.1. The third kappa shape index (κ3) is 4.31. The molecule has 3 rings (SSSR count). The van der Waals surface area contributed by atoms with Gasteiger partial charge in [-0.15, -0.1) is 10.2 Å². The van der Waals surface area contributed by atoms with Gasteiger partial charge in [-0.25, -0.2) is 0 Å². The first-order valence-electron chi connectivity index (χ1n) is 8.11. The number of carbonyl (C=O) groups excluding carboxylic acids is 1. The predicted molar refractivity (Wildman–Crippen MR) is 107 cm³/mol. The Balaban J connectivity index is 1.68. The highest BCUT2D eigenvalue weighted by Gasteiger charge is 2.15. The number of pyridine rings is 1. The molecule has 3 aromatic rings. The Morgan fingerprint density at radius 3 is 2.85 bits per heavy atom. The summed E-state index contributed by atoms with van der Waals surface area (Å²) in [5.74, 6) is 0.946. The van der Waals surface area contributed by atoms with Crippen molar-refractivity contribution in [2.45, 2.75) is 25.5 Å². The monoisotopic (exact) mass is 431 g/mol. The molecule has 6 nitrogen and oxygen atoms in total. The van der Waals surface area contributed by atoms with Crippen molar-refractivity contribution in [2.24, 2.45) is 0 Å². The highest BCUT2D eigenvalue weighted by Crippen LogP contribution is 2.24.